The van der Waals surface area contributed by atoms with Crippen molar-refractivity contribution in [1.29, 1.82) is 0 Å². The Bertz CT molecular complexity index is 119. The van der Waals surface area contributed by atoms with Gasteiger partial charge in [-0.1, -0.05) is 26.2 Å². The molecule has 0 aromatic carbocycles. The van der Waals surface area contributed by atoms with Gasteiger partial charge in [-0.15, -0.1) is 0 Å². The Balaban J connectivity index is 2.33. The largest absolute Gasteiger partial charge is 0.396 e. The molecule has 0 saturated heterocycles. The molecular weight excluding hydrogens is 152 g/mol. The molecule has 0 radical (unpaired) electrons. The first kappa shape index (κ1) is 10.0. The summed E-state index contributed by atoms with van der Waals surface area (Å²) in [4.78, 5) is 0. The van der Waals surface area contributed by atoms with Crippen LogP contribution in [0.25, 0.3) is 0 Å². The summed E-state index contributed by atoms with van der Waals surface area (Å²) in [5, 5.41) is 18.7. The van der Waals surface area contributed by atoms with E-state index in [1.165, 1.54) is 19.3 Å². The number of aliphatic hydroxyl groups excluding tert-OH is 2. The molecule has 0 aliphatic heterocycles. The van der Waals surface area contributed by atoms with Crippen molar-refractivity contribution < 1.29 is 10.2 Å². The molecule has 0 unspecified atom stereocenters. The van der Waals surface area contributed by atoms with Gasteiger partial charge in [0.15, 0.2) is 0 Å². The average molecular weight is 172 g/mol. The van der Waals surface area contributed by atoms with Crippen molar-refractivity contribution in [2.75, 3.05) is 6.61 Å². The van der Waals surface area contributed by atoms with Crippen molar-refractivity contribution in [3.63, 3.8) is 0 Å². The molecule has 0 aromatic heterocycles. The first-order valence-electron chi connectivity index (χ1n) is 5.04. The fraction of sp³-hybridized carbons (Fsp3) is 1.00. The molecule has 2 heteroatoms. The zero-order valence-electron chi connectivity index (χ0n) is 7.87. The van der Waals surface area contributed by atoms with Gasteiger partial charge in [0.25, 0.3) is 0 Å². The van der Waals surface area contributed by atoms with Crippen LogP contribution in [0.4, 0.5) is 0 Å². The summed E-state index contributed by atoms with van der Waals surface area (Å²) >= 11 is 0. The third kappa shape index (κ3) is 2.46. The summed E-state index contributed by atoms with van der Waals surface area (Å²) in [6.45, 7) is 2.02. The summed E-state index contributed by atoms with van der Waals surface area (Å²) < 4.78 is 0. The van der Waals surface area contributed by atoms with E-state index in [1.807, 2.05) is 6.92 Å². The van der Waals surface area contributed by atoms with Gasteiger partial charge in [0.1, 0.15) is 0 Å². The lowest BCUT2D eigenvalue weighted by molar-refractivity contribution is 0.0171. The van der Waals surface area contributed by atoms with Gasteiger partial charge in [0.05, 0.1) is 6.10 Å². The van der Waals surface area contributed by atoms with E-state index in [0.717, 1.165) is 12.8 Å². The molecule has 1 saturated carbocycles. The minimum Gasteiger partial charge on any atom is -0.396 e. The Morgan fingerprint density at radius 3 is 2.33 bits per heavy atom. The third-order valence-electron chi connectivity index (χ3n) is 3.00. The van der Waals surface area contributed by atoms with Crippen LogP contribution in [0.5, 0.6) is 0 Å². The minimum absolute atomic E-state index is 0.0492. The molecule has 1 aliphatic carbocycles. The molecular formula is C10H20O2. The molecule has 2 nitrogen and oxygen atoms in total. The SMILES string of the molecule is C[C@H](CO)[C@H](O)C1CCCCC1. The Kier molecular flexibility index (Phi) is 4.02. The molecule has 0 aromatic rings. The Hall–Kier alpha value is -0.0800. The normalized spacial score (nSPS) is 25.2. The first-order valence-corrected chi connectivity index (χ1v) is 5.04. The van der Waals surface area contributed by atoms with Crippen LogP contribution >= 0.6 is 0 Å². The lowest BCUT2D eigenvalue weighted by atomic mass is 9.81. The maximum Gasteiger partial charge on any atom is 0.0615 e. The highest BCUT2D eigenvalue weighted by Gasteiger charge is 2.25. The average Bonchev–Trinajstić information content (AvgIpc) is 2.17. The lowest BCUT2D eigenvalue weighted by Gasteiger charge is -2.29. The highest BCUT2D eigenvalue weighted by atomic mass is 16.3. The molecule has 0 amide bonds. The van der Waals surface area contributed by atoms with Gasteiger partial charge < -0.3 is 10.2 Å². The molecule has 0 heterocycles. The third-order valence-corrected chi connectivity index (χ3v) is 3.00. The summed E-state index contributed by atoms with van der Waals surface area (Å²) in [6.07, 6.45) is 5.82. The standard InChI is InChI=1S/C10H20O2/c1-8(7-11)10(12)9-5-3-2-4-6-9/h8-12H,2-7H2,1H3/t8-,10+/m1/s1. The fourth-order valence-corrected chi connectivity index (χ4v) is 2.05. The van der Waals surface area contributed by atoms with Gasteiger partial charge in [-0.25, -0.2) is 0 Å². The van der Waals surface area contributed by atoms with Crippen molar-refractivity contribution in [1.82, 2.24) is 0 Å². The van der Waals surface area contributed by atoms with Crippen molar-refractivity contribution in [2.24, 2.45) is 11.8 Å². The number of rotatable bonds is 3. The zero-order valence-corrected chi connectivity index (χ0v) is 7.87. The van der Waals surface area contributed by atoms with Crippen molar-refractivity contribution in [2.45, 2.75) is 45.1 Å². The van der Waals surface area contributed by atoms with Crippen LogP contribution in [0.15, 0.2) is 0 Å². The van der Waals surface area contributed by atoms with Crippen LogP contribution in [0.1, 0.15) is 39.0 Å². The second-order valence-corrected chi connectivity index (χ2v) is 4.05. The Morgan fingerprint density at radius 2 is 1.83 bits per heavy atom. The molecule has 2 atom stereocenters. The molecule has 12 heavy (non-hydrogen) atoms. The highest BCUT2D eigenvalue weighted by Crippen LogP contribution is 2.29. The van der Waals surface area contributed by atoms with E-state index in [1.54, 1.807) is 0 Å². The molecule has 1 aliphatic rings. The van der Waals surface area contributed by atoms with Crippen LogP contribution in [-0.4, -0.2) is 22.9 Å². The summed E-state index contributed by atoms with van der Waals surface area (Å²) in [5.41, 5.74) is 0. The molecule has 0 bridgehead atoms. The monoisotopic (exact) mass is 172 g/mol. The summed E-state index contributed by atoms with van der Waals surface area (Å²) in [7, 11) is 0. The minimum atomic E-state index is -0.282. The van der Waals surface area contributed by atoms with E-state index in [-0.39, 0.29) is 18.6 Å². The van der Waals surface area contributed by atoms with Gasteiger partial charge in [-0.05, 0) is 18.8 Å². The van der Waals surface area contributed by atoms with Crippen LogP contribution in [-0.2, 0) is 0 Å². The molecule has 72 valence electrons. The number of hydrogen-bond donors (Lipinski definition) is 2. The first-order chi connectivity index (χ1) is 5.75. The number of aliphatic hydroxyl groups is 2. The van der Waals surface area contributed by atoms with Gasteiger partial charge in [-0.3, -0.25) is 0 Å². The van der Waals surface area contributed by atoms with Gasteiger partial charge in [-0.2, -0.15) is 0 Å². The van der Waals surface area contributed by atoms with Gasteiger partial charge in [0, 0.05) is 12.5 Å². The summed E-state index contributed by atoms with van der Waals surface area (Å²) in [6, 6.07) is 0. The molecule has 1 fully saturated rings. The topological polar surface area (TPSA) is 40.5 Å². The maximum atomic E-state index is 9.78. The van der Waals surface area contributed by atoms with Crippen molar-refractivity contribution >= 4 is 0 Å². The lowest BCUT2D eigenvalue weighted by Crippen LogP contribution is -2.30. The quantitative estimate of drug-likeness (QED) is 0.678. The molecule has 1 rings (SSSR count). The van der Waals surface area contributed by atoms with E-state index >= 15 is 0 Å². The summed E-state index contributed by atoms with van der Waals surface area (Å²) in [5.74, 6) is 0.494. The van der Waals surface area contributed by atoms with Gasteiger partial charge >= 0.3 is 0 Å². The van der Waals surface area contributed by atoms with E-state index in [4.69, 9.17) is 5.11 Å². The van der Waals surface area contributed by atoms with E-state index < -0.39 is 0 Å². The molecule has 0 spiro atoms. The van der Waals surface area contributed by atoms with E-state index in [9.17, 15) is 5.11 Å². The zero-order chi connectivity index (χ0) is 8.97. The van der Waals surface area contributed by atoms with Crippen LogP contribution in [0.2, 0.25) is 0 Å². The van der Waals surface area contributed by atoms with Crippen molar-refractivity contribution in [3.8, 4) is 0 Å². The van der Waals surface area contributed by atoms with Gasteiger partial charge in [0.2, 0.25) is 0 Å². The van der Waals surface area contributed by atoms with Crippen molar-refractivity contribution in [3.05, 3.63) is 0 Å². The predicted molar refractivity (Wildman–Crippen MR) is 48.8 cm³/mol. The van der Waals surface area contributed by atoms with E-state index in [2.05, 4.69) is 0 Å². The van der Waals surface area contributed by atoms with E-state index in [0.29, 0.717) is 5.92 Å². The fourth-order valence-electron chi connectivity index (χ4n) is 2.05. The second-order valence-electron chi connectivity index (χ2n) is 4.05. The molecule has 2 N–H and O–H groups in total. The maximum absolute atomic E-state index is 9.78. The van der Waals surface area contributed by atoms with Crippen LogP contribution < -0.4 is 0 Å². The second kappa shape index (κ2) is 4.83. The number of hydrogen-bond acceptors (Lipinski definition) is 2. The predicted octanol–water partition coefficient (Wildman–Crippen LogP) is 1.56. The Labute approximate surface area is 74.6 Å². The van der Waals surface area contributed by atoms with Crippen LogP contribution in [0, 0.1) is 11.8 Å². The highest BCUT2D eigenvalue weighted by molar-refractivity contribution is 4.76. The smallest absolute Gasteiger partial charge is 0.0615 e. The van der Waals surface area contributed by atoms with Crippen LogP contribution in [0.3, 0.4) is 0 Å². The Morgan fingerprint density at radius 1 is 1.25 bits per heavy atom.